The van der Waals surface area contributed by atoms with E-state index in [0.29, 0.717) is 0 Å². The SMILES string of the molecule is CCCC.CCCCN(CCC)C1CCCC1. The largest absolute Gasteiger partial charge is 0.300 e. The molecule has 0 amide bonds. The molecule has 1 rings (SSSR count). The summed E-state index contributed by atoms with van der Waals surface area (Å²) < 4.78 is 0. The Kier molecular flexibility index (Phi) is 12.4. The van der Waals surface area contributed by atoms with Crippen molar-refractivity contribution in [3.63, 3.8) is 0 Å². The van der Waals surface area contributed by atoms with Gasteiger partial charge in [-0.05, 0) is 38.8 Å². The van der Waals surface area contributed by atoms with Crippen molar-refractivity contribution in [2.45, 2.75) is 91.5 Å². The number of nitrogens with zero attached hydrogens (tertiary/aromatic N) is 1. The maximum Gasteiger partial charge on any atom is 0.00952 e. The van der Waals surface area contributed by atoms with Crippen LogP contribution >= 0.6 is 0 Å². The van der Waals surface area contributed by atoms with Gasteiger partial charge in [0.2, 0.25) is 0 Å². The van der Waals surface area contributed by atoms with Gasteiger partial charge in [-0.3, -0.25) is 0 Å². The van der Waals surface area contributed by atoms with Crippen molar-refractivity contribution in [1.82, 2.24) is 4.90 Å². The third-order valence-corrected chi connectivity index (χ3v) is 3.65. The molecule has 1 fully saturated rings. The van der Waals surface area contributed by atoms with Gasteiger partial charge in [0.15, 0.2) is 0 Å². The lowest BCUT2D eigenvalue weighted by Crippen LogP contribution is -2.34. The third kappa shape index (κ3) is 8.65. The molecule has 1 heteroatoms. The van der Waals surface area contributed by atoms with Crippen LogP contribution in [0.2, 0.25) is 0 Å². The molecule has 1 saturated carbocycles. The summed E-state index contributed by atoms with van der Waals surface area (Å²) in [6.45, 7) is 11.6. The van der Waals surface area contributed by atoms with Crippen LogP contribution in [0.1, 0.15) is 85.5 Å². The first-order chi connectivity index (χ1) is 8.29. The molecule has 0 bridgehead atoms. The topological polar surface area (TPSA) is 3.24 Å². The van der Waals surface area contributed by atoms with Crippen LogP contribution in [0.25, 0.3) is 0 Å². The summed E-state index contributed by atoms with van der Waals surface area (Å²) in [5.41, 5.74) is 0. The highest BCUT2D eigenvalue weighted by Gasteiger charge is 2.20. The van der Waals surface area contributed by atoms with E-state index in [1.165, 1.54) is 70.9 Å². The maximum absolute atomic E-state index is 2.73. The van der Waals surface area contributed by atoms with Crippen LogP contribution in [0, 0.1) is 0 Å². The number of hydrogen-bond donors (Lipinski definition) is 0. The summed E-state index contributed by atoms with van der Waals surface area (Å²) in [5, 5.41) is 0. The average molecular weight is 241 g/mol. The van der Waals surface area contributed by atoms with Crippen molar-refractivity contribution in [1.29, 1.82) is 0 Å². The minimum Gasteiger partial charge on any atom is -0.300 e. The Bertz CT molecular complexity index is 136. The van der Waals surface area contributed by atoms with Crippen LogP contribution in [0.4, 0.5) is 0 Å². The van der Waals surface area contributed by atoms with E-state index in [1.807, 2.05) is 0 Å². The second-order valence-corrected chi connectivity index (χ2v) is 5.33. The Hall–Kier alpha value is -0.0400. The van der Waals surface area contributed by atoms with E-state index in [9.17, 15) is 0 Å². The van der Waals surface area contributed by atoms with Gasteiger partial charge >= 0.3 is 0 Å². The van der Waals surface area contributed by atoms with Gasteiger partial charge in [-0.1, -0.05) is 59.8 Å². The smallest absolute Gasteiger partial charge is 0.00952 e. The molecule has 0 unspecified atom stereocenters. The van der Waals surface area contributed by atoms with Gasteiger partial charge in [-0.15, -0.1) is 0 Å². The van der Waals surface area contributed by atoms with Crippen molar-refractivity contribution in [2.24, 2.45) is 0 Å². The van der Waals surface area contributed by atoms with Crippen molar-refractivity contribution in [3.8, 4) is 0 Å². The molecule has 0 radical (unpaired) electrons. The van der Waals surface area contributed by atoms with E-state index in [0.717, 1.165) is 6.04 Å². The predicted molar refractivity (Wildman–Crippen MR) is 79.6 cm³/mol. The van der Waals surface area contributed by atoms with E-state index >= 15 is 0 Å². The Morgan fingerprint density at radius 2 is 1.35 bits per heavy atom. The molecule has 0 spiro atoms. The van der Waals surface area contributed by atoms with E-state index in [-0.39, 0.29) is 0 Å². The zero-order chi connectivity index (χ0) is 12.9. The van der Waals surface area contributed by atoms with Crippen LogP contribution in [0.3, 0.4) is 0 Å². The van der Waals surface area contributed by atoms with E-state index < -0.39 is 0 Å². The lowest BCUT2D eigenvalue weighted by molar-refractivity contribution is 0.196. The number of unbranched alkanes of at least 4 members (excludes halogenated alkanes) is 2. The van der Waals surface area contributed by atoms with Gasteiger partial charge in [0.05, 0.1) is 0 Å². The van der Waals surface area contributed by atoms with Crippen molar-refractivity contribution in [3.05, 3.63) is 0 Å². The van der Waals surface area contributed by atoms with Gasteiger partial charge in [0.25, 0.3) is 0 Å². The predicted octanol–water partition coefficient (Wildman–Crippen LogP) is 5.25. The highest BCUT2D eigenvalue weighted by molar-refractivity contribution is 4.76. The fourth-order valence-electron chi connectivity index (χ4n) is 2.39. The monoisotopic (exact) mass is 241 g/mol. The first-order valence-corrected chi connectivity index (χ1v) is 8.04. The van der Waals surface area contributed by atoms with Crippen molar-refractivity contribution < 1.29 is 0 Å². The second-order valence-electron chi connectivity index (χ2n) is 5.33. The molecule has 0 aromatic heterocycles. The molecule has 0 aromatic rings. The summed E-state index contributed by atoms with van der Waals surface area (Å²) in [4.78, 5) is 2.73. The molecule has 1 aliphatic carbocycles. The fourth-order valence-corrected chi connectivity index (χ4v) is 2.39. The number of rotatable bonds is 7. The van der Waals surface area contributed by atoms with Crippen LogP contribution in [-0.2, 0) is 0 Å². The molecule has 1 nitrogen and oxygen atoms in total. The Balaban J connectivity index is 0.000000557. The molecular weight excluding hydrogens is 206 g/mol. The van der Waals surface area contributed by atoms with E-state index in [2.05, 4.69) is 32.6 Å². The molecule has 0 heterocycles. The molecule has 0 N–H and O–H groups in total. The third-order valence-electron chi connectivity index (χ3n) is 3.65. The summed E-state index contributed by atoms with van der Waals surface area (Å²) >= 11 is 0. The molecule has 0 atom stereocenters. The van der Waals surface area contributed by atoms with Gasteiger partial charge < -0.3 is 4.90 Å². The maximum atomic E-state index is 2.73. The first-order valence-electron chi connectivity index (χ1n) is 8.04. The van der Waals surface area contributed by atoms with Crippen LogP contribution in [-0.4, -0.2) is 24.0 Å². The van der Waals surface area contributed by atoms with Gasteiger partial charge in [-0.25, -0.2) is 0 Å². The summed E-state index contributed by atoms with van der Waals surface area (Å²) in [5.74, 6) is 0. The molecule has 1 aliphatic rings. The molecule has 0 saturated heterocycles. The Labute approximate surface area is 110 Å². The average Bonchev–Trinajstić information content (AvgIpc) is 2.88. The van der Waals surface area contributed by atoms with Crippen LogP contribution in [0.15, 0.2) is 0 Å². The van der Waals surface area contributed by atoms with Crippen LogP contribution < -0.4 is 0 Å². The quantitative estimate of drug-likeness (QED) is 0.588. The zero-order valence-corrected chi connectivity index (χ0v) is 12.8. The standard InChI is InChI=1S/C12H25N.C4H10/c1-3-5-11-13(10-4-2)12-8-6-7-9-12;1-3-4-2/h12H,3-11H2,1-2H3;3-4H2,1-2H3. The minimum atomic E-state index is 0.937. The lowest BCUT2D eigenvalue weighted by atomic mass is 10.2. The summed E-state index contributed by atoms with van der Waals surface area (Å²) in [6.07, 6.45) is 12.5. The number of hydrogen-bond acceptors (Lipinski definition) is 1. The highest BCUT2D eigenvalue weighted by atomic mass is 15.1. The zero-order valence-electron chi connectivity index (χ0n) is 12.8. The van der Waals surface area contributed by atoms with E-state index in [4.69, 9.17) is 0 Å². The normalized spacial score (nSPS) is 16.1. The molecule has 104 valence electrons. The molecule has 0 aromatic carbocycles. The van der Waals surface area contributed by atoms with Crippen LogP contribution in [0.5, 0.6) is 0 Å². The Morgan fingerprint density at radius 3 is 1.76 bits per heavy atom. The molecule has 17 heavy (non-hydrogen) atoms. The Morgan fingerprint density at radius 1 is 0.765 bits per heavy atom. The highest BCUT2D eigenvalue weighted by Crippen LogP contribution is 2.23. The first kappa shape index (κ1) is 17.0. The fraction of sp³-hybridized carbons (Fsp3) is 1.00. The summed E-state index contributed by atoms with van der Waals surface area (Å²) in [7, 11) is 0. The second kappa shape index (κ2) is 12.4. The van der Waals surface area contributed by atoms with Gasteiger partial charge in [0.1, 0.15) is 0 Å². The van der Waals surface area contributed by atoms with Gasteiger partial charge in [-0.2, -0.15) is 0 Å². The van der Waals surface area contributed by atoms with Crippen molar-refractivity contribution >= 4 is 0 Å². The van der Waals surface area contributed by atoms with E-state index in [1.54, 1.807) is 0 Å². The van der Waals surface area contributed by atoms with Crippen molar-refractivity contribution in [2.75, 3.05) is 13.1 Å². The molecule has 0 aliphatic heterocycles. The van der Waals surface area contributed by atoms with Gasteiger partial charge in [0, 0.05) is 6.04 Å². The lowest BCUT2D eigenvalue weighted by Gasteiger charge is -2.28. The minimum absolute atomic E-state index is 0.937. The summed E-state index contributed by atoms with van der Waals surface area (Å²) in [6, 6.07) is 0.937. The molecular formula is C16H35N.